The van der Waals surface area contributed by atoms with Crippen molar-refractivity contribution in [2.75, 3.05) is 25.6 Å². The van der Waals surface area contributed by atoms with Gasteiger partial charge in [0.1, 0.15) is 0 Å². The average molecular weight is 436 g/mol. The van der Waals surface area contributed by atoms with Crippen LogP contribution in [-0.4, -0.2) is 39.1 Å². The van der Waals surface area contributed by atoms with Crippen molar-refractivity contribution in [3.05, 3.63) is 0 Å². The Hall–Kier alpha value is -0.170. The van der Waals surface area contributed by atoms with Gasteiger partial charge in [-0.25, -0.2) is 13.6 Å². The summed E-state index contributed by atoms with van der Waals surface area (Å²) in [7, 11) is -3.38. The molecule has 3 N–H and O–H groups in total. The minimum absolute atomic E-state index is 0.0838. The third kappa shape index (κ3) is 13.0. The zero-order chi connectivity index (χ0) is 22.2. The fourth-order valence-electron chi connectivity index (χ4n) is 4.49. The molecular formula is C23H49NO4S. The van der Waals surface area contributed by atoms with Crippen LogP contribution in [0, 0.1) is 10.8 Å². The van der Waals surface area contributed by atoms with E-state index in [4.69, 9.17) is 15.0 Å². The first-order chi connectivity index (χ1) is 13.7. The lowest BCUT2D eigenvalue weighted by atomic mass is 9.74. The molecular weight excluding hydrogens is 386 g/mol. The Morgan fingerprint density at radius 2 is 1.14 bits per heavy atom. The molecule has 0 bridgehead atoms. The normalized spacial score (nSPS) is 13.2. The molecule has 0 heterocycles. The molecule has 0 unspecified atom stereocenters. The van der Waals surface area contributed by atoms with Crippen LogP contribution in [-0.2, 0) is 14.8 Å². The molecule has 29 heavy (non-hydrogen) atoms. The minimum Gasteiger partial charge on any atom is -0.396 e. The highest BCUT2D eigenvalue weighted by Gasteiger charge is 2.27. The maximum atomic E-state index is 11.3. The highest BCUT2D eigenvalue weighted by atomic mass is 32.2. The van der Waals surface area contributed by atoms with Gasteiger partial charge < -0.3 is 9.84 Å². The summed E-state index contributed by atoms with van der Waals surface area (Å²) < 4.78 is 28.5. The van der Waals surface area contributed by atoms with E-state index in [2.05, 4.69) is 27.7 Å². The van der Waals surface area contributed by atoms with Gasteiger partial charge >= 0.3 is 0 Å². The number of hydrogen-bond acceptors (Lipinski definition) is 4. The van der Waals surface area contributed by atoms with E-state index in [1.807, 2.05) is 0 Å². The molecule has 0 saturated carbocycles. The van der Waals surface area contributed by atoms with Crippen molar-refractivity contribution in [2.45, 2.75) is 111 Å². The van der Waals surface area contributed by atoms with Crippen LogP contribution < -0.4 is 5.14 Å². The van der Waals surface area contributed by atoms with Crippen LogP contribution in [0.2, 0.25) is 0 Å². The summed E-state index contributed by atoms with van der Waals surface area (Å²) in [6, 6.07) is 0. The standard InChI is InChI=1S/C23H49NO4S/c1-5-22(6-2,16-13-18-25)14-9-11-19-28-20-12-10-15-23(7-3,8-4)17-21-29(24,26)27/h25H,5-21H2,1-4H3,(H2,24,26,27). The second-order valence-electron chi connectivity index (χ2n) is 8.88. The Kier molecular flexibility index (Phi) is 15.5. The van der Waals surface area contributed by atoms with Gasteiger partial charge in [-0.3, -0.25) is 0 Å². The molecule has 176 valence electrons. The molecule has 0 aliphatic rings. The van der Waals surface area contributed by atoms with Crippen molar-refractivity contribution in [1.82, 2.24) is 0 Å². The molecule has 6 heteroatoms. The van der Waals surface area contributed by atoms with Gasteiger partial charge in [-0.15, -0.1) is 0 Å². The van der Waals surface area contributed by atoms with Gasteiger partial charge in [0.05, 0.1) is 5.75 Å². The van der Waals surface area contributed by atoms with Crippen LogP contribution in [0.3, 0.4) is 0 Å². The molecule has 0 aromatic rings. The predicted molar refractivity (Wildman–Crippen MR) is 123 cm³/mol. The van der Waals surface area contributed by atoms with Crippen molar-refractivity contribution in [2.24, 2.45) is 16.0 Å². The Labute approximate surface area is 181 Å². The summed E-state index contributed by atoms with van der Waals surface area (Å²) in [5.74, 6) is 0.0838. The van der Waals surface area contributed by atoms with Crippen LogP contribution in [0.25, 0.3) is 0 Å². The van der Waals surface area contributed by atoms with Gasteiger partial charge in [-0.2, -0.15) is 0 Å². The van der Waals surface area contributed by atoms with Gasteiger partial charge in [0.2, 0.25) is 10.0 Å². The molecule has 0 spiro atoms. The molecule has 0 aliphatic carbocycles. The van der Waals surface area contributed by atoms with Gasteiger partial charge in [-0.1, -0.05) is 66.2 Å². The molecule has 5 nitrogen and oxygen atoms in total. The lowest BCUT2D eigenvalue weighted by Gasteiger charge is -2.32. The maximum absolute atomic E-state index is 11.3. The quantitative estimate of drug-likeness (QED) is 0.250. The largest absolute Gasteiger partial charge is 0.396 e. The van der Waals surface area contributed by atoms with Crippen molar-refractivity contribution < 1.29 is 18.3 Å². The summed E-state index contributed by atoms with van der Waals surface area (Å²) in [6.07, 6.45) is 13.7. The first kappa shape index (κ1) is 28.8. The number of hydrogen-bond donors (Lipinski definition) is 2. The van der Waals surface area contributed by atoms with Gasteiger partial charge in [-0.05, 0) is 55.8 Å². The van der Waals surface area contributed by atoms with Crippen molar-refractivity contribution in [1.29, 1.82) is 0 Å². The summed E-state index contributed by atoms with van der Waals surface area (Å²) >= 11 is 0. The first-order valence-corrected chi connectivity index (χ1v) is 13.6. The third-order valence-electron chi connectivity index (χ3n) is 7.27. The molecule has 0 radical (unpaired) electrons. The van der Waals surface area contributed by atoms with E-state index in [-0.39, 0.29) is 11.2 Å². The molecule has 0 saturated heterocycles. The van der Waals surface area contributed by atoms with E-state index in [0.29, 0.717) is 18.4 Å². The number of ether oxygens (including phenoxy) is 1. The first-order valence-electron chi connectivity index (χ1n) is 11.9. The number of aliphatic hydroxyl groups is 1. The number of sulfonamides is 1. The highest BCUT2D eigenvalue weighted by molar-refractivity contribution is 7.89. The lowest BCUT2D eigenvalue weighted by molar-refractivity contribution is 0.113. The van der Waals surface area contributed by atoms with Crippen LogP contribution in [0.4, 0.5) is 0 Å². The van der Waals surface area contributed by atoms with Gasteiger partial charge in [0.15, 0.2) is 0 Å². The average Bonchev–Trinajstić information content (AvgIpc) is 2.71. The Morgan fingerprint density at radius 1 is 0.724 bits per heavy atom. The zero-order valence-electron chi connectivity index (χ0n) is 19.7. The molecule has 0 aromatic heterocycles. The van der Waals surface area contributed by atoms with Gasteiger partial charge in [0.25, 0.3) is 0 Å². The monoisotopic (exact) mass is 435 g/mol. The SMILES string of the molecule is CCC(CC)(CCCO)CCCCOCCCCC(CC)(CC)CCS(N)(=O)=O. The topological polar surface area (TPSA) is 89.6 Å². The van der Waals surface area contributed by atoms with E-state index >= 15 is 0 Å². The van der Waals surface area contributed by atoms with Crippen LogP contribution in [0.5, 0.6) is 0 Å². The smallest absolute Gasteiger partial charge is 0.209 e. The molecule has 0 rings (SSSR count). The summed E-state index contributed by atoms with van der Waals surface area (Å²) in [5, 5.41) is 14.3. The number of unbranched alkanes of at least 4 members (excludes halogenated alkanes) is 2. The summed E-state index contributed by atoms with van der Waals surface area (Å²) in [4.78, 5) is 0. The number of nitrogens with two attached hydrogens (primary N) is 1. The number of rotatable bonds is 20. The van der Waals surface area contributed by atoms with E-state index in [9.17, 15) is 8.42 Å². The second-order valence-corrected chi connectivity index (χ2v) is 10.6. The summed E-state index contributed by atoms with van der Waals surface area (Å²) in [5.41, 5.74) is 0.480. The van der Waals surface area contributed by atoms with Crippen LogP contribution in [0.15, 0.2) is 0 Å². The van der Waals surface area contributed by atoms with E-state index in [1.54, 1.807) is 0 Å². The molecule has 0 atom stereocenters. The van der Waals surface area contributed by atoms with Crippen molar-refractivity contribution in [3.63, 3.8) is 0 Å². The van der Waals surface area contributed by atoms with Crippen molar-refractivity contribution in [3.8, 4) is 0 Å². The zero-order valence-corrected chi connectivity index (χ0v) is 20.5. The molecule has 0 aromatic carbocycles. The predicted octanol–water partition coefficient (Wildman–Crippen LogP) is 5.41. The Morgan fingerprint density at radius 3 is 1.52 bits per heavy atom. The van der Waals surface area contributed by atoms with Gasteiger partial charge in [0, 0.05) is 19.8 Å². The highest BCUT2D eigenvalue weighted by Crippen LogP contribution is 2.38. The number of primary sulfonamides is 1. The fraction of sp³-hybridized carbons (Fsp3) is 1.00. The molecule has 0 aliphatic heterocycles. The molecule has 0 amide bonds. The maximum Gasteiger partial charge on any atom is 0.209 e. The molecule has 0 fully saturated rings. The van der Waals surface area contributed by atoms with Crippen LogP contribution >= 0.6 is 0 Å². The van der Waals surface area contributed by atoms with E-state index in [0.717, 1.165) is 64.6 Å². The second kappa shape index (κ2) is 15.6. The Balaban J connectivity index is 4.00. The van der Waals surface area contributed by atoms with Crippen LogP contribution in [0.1, 0.15) is 111 Å². The van der Waals surface area contributed by atoms with E-state index in [1.165, 1.54) is 25.7 Å². The third-order valence-corrected chi connectivity index (χ3v) is 8.05. The van der Waals surface area contributed by atoms with Crippen molar-refractivity contribution >= 4 is 10.0 Å². The minimum atomic E-state index is -3.38. The van der Waals surface area contributed by atoms with E-state index < -0.39 is 10.0 Å². The Bertz CT molecular complexity index is 485. The fourth-order valence-corrected chi connectivity index (χ4v) is 5.20. The summed E-state index contributed by atoms with van der Waals surface area (Å²) in [6.45, 7) is 10.7. The number of aliphatic hydroxyl groups excluding tert-OH is 1. The lowest BCUT2D eigenvalue weighted by Crippen LogP contribution is -2.26.